The van der Waals surface area contributed by atoms with Crippen LogP contribution in [0.25, 0.3) is 0 Å². The molecule has 0 saturated heterocycles. The van der Waals surface area contributed by atoms with Crippen molar-refractivity contribution in [2.45, 2.75) is 13.3 Å². The maximum absolute atomic E-state index is 3.64. The molecular formula is C6H15NS. The fourth-order valence-corrected chi connectivity index (χ4v) is 1.24. The first-order valence-electron chi connectivity index (χ1n) is 3.10. The van der Waals surface area contributed by atoms with Gasteiger partial charge in [-0.15, -0.1) is 0 Å². The molecule has 0 aliphatic carbocycles. The van der Waals surface area contributed by atoms with E-state index in [0.29, 0.717) is 0 Å². The summed E-state index contributed by atoms with van der Waals surface area (Å²) >= 11 is 2.01. The summed E-state index contributed by atoms with van der Waals surface area (Å²) in [6, 6.07) is 0. The molecule has 0 amide bonds. The van der Waals surface area contributed by atoms with Crippen LogP contribution in [-0.2, 0) is 0 Å². The van der Waals surface area contributed by atoms with Gasteiger partial charge in [-0.25, -0.2) is 0 Å². The predicted molar refractivity (Wildman–Crippen MR) is 39.8 cm³/mol. The molecule has 0 aliphatic rings. The summed E-state index contributed by atoms with van der Waals surface area (Å²) in [6.45, 7) is 3.37. The summed E-state index contributed by atoms with van der Waals surface area (Å²) in [5, 5.41) is 1.97. The lowest BCUT2D eigenvalue weighted by Crippen LogP contribution is -2.77. The van der Waals surface area contributed by atoms with Gasteiger partial charge >= 0.3 is 0 Å². The Balaban J connectivity index is 2.53. The normalized spacial score (nSPS) is 9.75. The van der Waals surface area contributed by atoms with Crippen molar-refractivity contribution in [3.8, 4) is 0 Å². The van der Waals surface area contributed by atoms with Crippen molar-refractivity contribution in [3.63, 3.8) is 0 Å². The fourth-order valence-electron chi connectivity index (χ4n) is 0.413. The zero-order valence-electron chi connectivity index (χ0n) is 5.52. The molecule has 0 unspecified atom stereocenters. The number of quaternary nitrogens is 1. The molecule has 0 aliphatic heterocycles. The van der Waals surface area contributed by atoms with E-state index in [4.69, 9.17) is 0 Å². The molecule has 2 heteroatoms. The van der Waals surface area contributed by atoms with Crippen molar-refractivity contribution in [2.75, 3.05) is 18.1 Å². The van der Waals surface area contributed by atoms with Gasteiger partial charge in [0.2, 0.25) is 0 Å². The Morgan fingerprint density at radius 3 is 2.75 bits per heavy atom. The van der Waals surface area contributed by atoms with Gasteiger partial charge in [-0.05, 0) is 12.2 Å². The molecule has 0 radical (unpaired) electrons. The van der Waals surface area contributed by atoms with Gasteiger partial charge in [0.15, 0.2) is 0 Å². The highest BCUT2D eigenvalue weighted by molar-refractivity contribution is 7.99. The lowest BCUT2D eigenvalue weighted by Gasteiger charge is -1.97. The summed E-state index contributed by atoms with van der Waals surface area (Å²) in [7, 11) is 3.64. The number of rotatable bonds is 5. The van der Waals surface area contributed by atoms with Crippen LogP contribution in [0.15, 0.2) is 0 Å². The van der Waals surface area contributed by atoms with Gasteiger partial charge in [0.1, 0.15) is 0 Å². The van der Waals surface area contributed by atoms with E-state index < -0.39 is 0 Å². The lowest BCUT2D eigenvalue weighted by atomic mass is 10.6. The van der Waals surface area contributed by atoms with Crippen molar-refractivity contribution < 1.29 is 5.32 Å². The first-order chi connectivity index (χ1) is 3.91. The van der Waals surface area contributed by atoms with Crippen molar-refractivity contribution in [1.29, 1.82) is 0 Å². The first-order valence-corrected chi connectivity index (χ1v) is 4.26. The van der Waals surface area contributed by atoms with E-state index in [1.165, 1.54) is 17.9 Å². The Hall–Kier alpha value is 0.310. The van der Waals surface area contributed by atoms with Crippen LogP contribution in [-0.4, -0.2) is 18.1 Å². The third-order valence-electron chi connectivity index (χ3n) is 0.815. The number of thioether (sulfide) groups is 1. The molecule has 0 rings (SSSR count). The van der Waals surface area contributed by atoms with Gasteiger partial charge in [-0.3, -0.25) is 0 Å². The molecule has 50 valence electrons. The maximum Gasteiger partial charge on any atom is 0.0607 e. The minimum Gasteiger partial charge on any atom is -0.478 e. The number of hydrogen-bond acceptors (Lipinski definition) is 1. The summed E-state index contributed by atoms with van der Waals surface area (Å²) < 4.78 is 0. The van der Waals surface area contributed by atoms with E-state index in [2.05, 4.69) is 14.0 Å². The Labute approximate surface area is 56.2 Å². The van der Waals surface area contributed by atoms with Crippen molar-refractivity contribution >= 4 is 11.8 Å². The zero-order chi connectivity index (χ0) is 6.24. The summed E-state index contributed by atoms with van der Waals surface area (Å²) in [6.07, 6.45) is 1.29. The summed E-state index contributed by atoms with van der Waals surface area (Å²) in [4.78, 5) is 0. The van der Waals surface area contributed by atoms with Gasteiger partial charge in [-0.2, -0.15) is 18.8 Å². The number of hydrogen-bond donors (Lipinski definition) is 1. The van der Waals surface area contributed by atoms with E-state index in [1.807, 2.05) is 17.1 Å². The molecule has 0 saturated carbocycles. The van der Waals surface area contributed by atoms with Gasteiger partial charge in [0.05, 0.1) is 6.54 Å². The molecule has 2 N–H and O–H groups in total. The average molecular weight is 133 g/mol. The largest absolute Gasteiger partial charge is 0.478 e. The number of nitrogens with two attached hydrogens (primary N) is 1. The maximum atomic E-state index is 3.64. The highest BCUT2D eigenvalue weighted by atomic mass is 32.2. The van der Waals surface area contributed by atoms with Crippen LogP contribution in [0.2, 0.25) is 0 Å². The van der Waals surface area contributed by atoms with E-state index >= 15 is 0 Å². The van der Waals surface area contributed by atoms with Gasteiger partial charge in [0.25, 0.3) is 0 Å². The van der Waals surface area contributed by atoms with Crippen LogP contribution in [0.1, 0.15) is 13.3 Å². The third-order valence-corrected chi connectivity index (χ3v) is 2.04. The first kappa shape index (κ1) is 8.31. The van der Waals surface area contributed by atoms with Gasteiger partial charge in [0, 0.05) is 5.75 Å². The third kappa shape index (κ3) is 6.31. The molecule has 0 aromatic carbocycles. The van der Waals surface area contributed by atoms with Crippen LogP contribution in [0.4, 0.5) is 0 Å². The van der Waals surface area contributed by atoms with Gasteiger partial charge < -0.3 is 5.32 Å². The molecule has 1 nitrogen and oxygen atoms in total. The fraction of sp³-hybridized carbons (Fsp3) is 0.833. The Morgan fingerprint density at radius 2 is 2.25 bits per heavy atom. The lowest BCUT2D eigenvalue weighted by molar-refractivity contribution is -0.590. The SMILES string of the molecule is [CH2-][NH2+]CCSCCC. The molecule has 0 spiro atoms. The summed E-state index contributed by atoms with van der Waals surface area (Å²) in [5.74, 6) is 2.55. The topological polar surface area (TPSA) is 16.6 Å². The molecule has 0 fully saturated rings. The predicted octanol–water partition coefficient (Wildman–Crippen LogP) is 0.485. The second-order valence-electron chi connectivity index (χ2n) is 1.69. The van der Waals surface area contributed by atoms with Crippen LogP contribution in [0.3, 0.4) is 0 Å². The van der Waals surface area contributed by atoms with Crippen molar-refractivity contribution in [1.82, 2.24) is 0 Å². The monoisotopic (exact) mass is 133 g/mol. The molecule has 0 bridgehead atoms. The molecule has 0 aromatic heterocycles. The van der Waals surface area contributed by atoms with Crippen molar-refractivity contribution in [2.24, 2.45) is 0 Å². The standard InChI is InChI=1S/C6H15NS/c1-3-5-8-6-4-7-2/h2-7H2,1H3. The van der Waals surface area contributed by atoms with E-state index in [0.717, 1.165) is 6.54 Å². The highest BCUT2D eigenvalue weighted by Crippen LogP contribution is 1.98. The Bertz CT molecular complexity index is 33.5. The highest BCUT2D eigenvalue weighted by Gasteiger charge is 1.83. The Kier molecular flexibility index (Phi) is 7.59. The molecule has 0 aromatic rings. The summed E-state index contributed by atoms with van der Waals surface area (Å²) in [5.41, 5.74) is 0. The molecular weight excluding hydrogens is 118 g/mol. The van der Waals surface area contributed by atoms with E-state index in [-0.39, 0.29) is 0 Å². The molecule has 8 heavy (non-hydrogen) atoms. The van der Waals surface area contributed by atoms with E-state index in [9.17, 15) is 0 Å². The van der Waals surface area contributed by atoms with Crippen LogP contribution in [0, 0.1) is 7.05 Å². The average Bonchev–Trinajstić information content (AvgIpc) is 1.81. The smallest absolute Gasteiger partial charge is 0.0607 e. The quantitative estimate of drug-likeness (QED) is 0.426. The second-order valence-corrected chi connectivity index (χ2v) is 2.91. The molecule has 0 heterocycles. The Morgan fingerprint density at radius 1 is 1.50 bits per heavy atom. The van der Waals surface area contributed by atoms with Crippen molar-refractivity contribution in [3.05, 3.63) is 7.05 Å². The van der Waals surface area contributed by atoms with Crippen LogP contribution >= 0.6 is 11.8 Å². The zero-order valence-corrected chi connectivity index (χ0v) is 6.34. The second kappa shape index (κ2) is 7.31. The van der Waals surface area contributed by atoms with E-state index in [1.54, 1.807) is 0 Å². The van der Waals surface area contributed by atoms with Gasteiger partial charge in [-0.1, -0.05) is 6.92 Å². The molecule has 0 atom stereocenters. The minimum atomic E-state index is 1.16. The van der Waals surface area contributed by atoms with Crippen LogP contribution < -0.4 is 5.32 Å². The minimum absolute atomic E-state index is 1.16. The van der Waals surface area contributed by atoms with Crippen LogP contribution in [0.5, 0.6) is 0 Å².